The summed E-state index contributed by atoms with van der Waals surface area (Å²) in [6.07, 6.45) is 0. The zero-order valence-corrected chi connectivity index (χ0v) is 8.14. The molecule has 0 fully saturated rings. The molecule has 1 aromatic carbocycles. The van der Waals surface area contributed by atoms with Crippen LogP contribution in [0.25, 0.3) is 0 Å². The van der Waals surface area contributed by atoms with E-state index < -0.39 is 0 Å². The lowest BCUT2D eigenvalue weighted by atomic mass is 10.2. The van der Waals surface area contributed by atoms with Gasteiger partial charge in [-0.15, -0.1) is 0 Å². The van der Waals surface area contributed by atoms with Gasteiger partial charge < -0.3 is 11.1 Å². The molecule has 0 amide bonds. The number of nitriles is 1. The molecule has 0 aromatic heterocycles. The molecule has 0 aliphatic carbocycles. The van der Waals surface area contributed by atoms with Crippen LogP contribution >= 0.6 is 15.9 Å². The first-order valence-corrected chi connectivity index (χ1v) is 4.15. The van der Waals surface area contributed by atoms with Gasteiger partial charge in [0.2, 0.25) is 0 Å². The third-order valence-electron chi connectivity index (χ3n) is 1.50. The molecule has 62 valence electrons. The predicted molar refractivity (Wildman–Crippen MR) is 52.8 cm³/mol. The van der Waals surface area contributed by atoms with Crippen LogP contribution in [-0.4, -0.2) is 7.05 Å². The van der Waals surface area contributed by atoms with E-state index in [9.17, 15) is 0 Å². The molecule has 0 bridgehead atoms. The number of nitrogens with two attached hydrogens (primary N) is 1. The van der Waals surface area contributed by atoms with E-state index in [1.54, 1.807) is 19.2 Å². The van der Waals surface area contributed by atoms with Crippen molar-refractivity contribution in [3.05, 3.63) is 22.2 Å². The summed E-state index contributed by atoms with van der Waals surface area (Å²) in [6, 6.07) is 5.38. The van der Waals surface area contributed by atoms with Crippen LogP contribution in [0, 0.1) is 11.3 Å². The Morgan fingerprint density at radius 2 is 2.25 bits per heavy atom. The number of nitrogens with zero attached hydrogens (tertiary/aromatic N) is 1. The van der Waals surface area contributed by atoms with Crippen LogP contribution in [0.5, 0.6) is 0 Å². The summed E-state index contributed by atoms with van der Waals surface area (Å²) in [5, 5.41) is 11.5. The third-order valence-corrected chi connectivity index (χ3v) is 2.13. The Balaban J connectivity index is 3.30. The molecule has 1 rings (SSSR count). The first-order valence-electron chi connectivity index (χ1n) is 3.36. The van der Waals surface area contributed by atoms with Crippen molar-refractivity contribution in [2.24, 2.45) is 0 Å². The van der Waals surface area contributed by atoms with Crippen LogP contribution in [0.4, 0.5) is 11.4 Å². The fraction of sp³-hybridized carbons (Fsp3) is 0.125. The van der Waals surface area contributed by atoms with Crippen LogP contribution in [0.3, 0.4) is 0 Å². The minimum absolute atomic E-state index is 0.554. The fourth-order valence-electron chi connectivity index (χ4n) is 0.956. The van der Waals surface area contributed by atoms with Crippen molar-refractivity contribution in [2.45, 2.75) is 0 Å². The van der Waals surface area contributed by atoms with Gasteiger partial charge in [0.1, 0.15) is 0 Å². The maximum Gasteiger partial charge on any atom is 0.0992 e. The van der Waals surface area contributed by atoms with Crippen LogP contribution in [0.15, 0.2) is 16.6 Å². The first-order chi connectivity index (χ1) is 5.69. The Morgan fingerprint density at radius 3 is 2.67 bits per heavy atom. The Kier molecular flexibility index (Phi) is 2.56. The number of halogens is 1. The highest BCUT2D eigenvalue weighted by atomic mass is 79.9. The van der Waals surface area contributed by atoms with Gasteiger partial charge in [-0.25, -0.2) is 0 Å². The number of nitrogens with one attached hydrogen (secondary N) is 1. The number of anilines is 2. The maximum absolute atomic E-state index is 8.60. The molecule has 1 aromatic rings. The van der Waals surface area contributed by atoms with E-state index in [1.807, 2.05) is 6.07 Å². The summed E-state index contributed by atoms with van der Waals surface area (Å²) in [5.74, 6) is 0. The van der Waals surface area contributed by atoms with Crippen molar-refractivity contribution in [1.29, 1.82) is 5.26 Å². The third kappa shape index (κ3) is 1.51. The van der Waals surface area contributed by atoms with Crippen molar-refractivity contribution in [3.63, 3.8) is 0 Å². The lowest BCUT2D eigenvalue weighted by Gasteiger charge is -2.07. The Morgan fingerprint density at radius 1 is 1.58 bits per heavy atom. The van der Waals surface area contributed by atoms with Gasteiger partial charge in [-0.1, -0.05) is 0 Å². The zero-order valence-electron chi connectivity index (χ0n) is 6.56. The molecule has 0 atom stereocenters. The molecule has 0 saturated carbocycles. The van der Waals surface area contributed by atoms with E-state index in [2.05, 4.69) is 21.2 Å². The highest BCUT2D eigenvalue weighted by Gasteiger charge is 2.04. The highest BCUT2D eigenvalue weighted by Crippen LogP contribution is 2.29. The Bertz CT molecular complexity index is 318. The Labute approximate surface area is 79.3 Å². The second-order valence-corrected chi connectivity index (χ2v) is 3.14. The largest absolute Gasteiger partial charge is 0.397 e. The minimum Gasteiger partial charge on any atom is -0.397 e. The molecule has 0 saturated heterocycles. The summed E-state index contributed by atoms with van der Waals surface area (Å²) in [5.41, 5.74) is 7.61. The normalized spacial score (nSPS) is 9.08. The van der Waals surface area contributed by atoms with Gasteiger partial charge in [0.15, 0.2) is 0 Å². The summed E-state index contributed by atoms with van der Waals surface area (Å²) >= 11 is 3.31. The van der Waals surface area contributed by atoms with E-state index in [0.717, 1.165) is 10.2 Å². The topological polar surface area (TPSA) is 61.8 Å². The van der Waals surface area contributed by atoms with Gasteiger partial charge in [-0.2, -0.15) is 5.26 Å². The first kappa shape index (κ1) is 8.88. The van der Waals surface area contributed by atoms with Gasteiger partial charge in [0, 0.05) is 11.5 Å². The maximum atomic E-state index is 8.60. The van der Waals surface area contributed by atoms with Crippen molar-refractivity contribution in [1.82, 2.24) is 0 Å². The van der Waals surface area contributed by atoms with E-state index in [0.29, 0.717) is 11.3 Å². The van der Waals surface area contributed by atoms with E-state index >= 15 is 0 Å². The van der Waals surface area contributed by atoms with Crippen LogP contribution < -0.4 is 11.1 Å². The molecule has 0 spiro atoms. The van der Waals surface area contributed by atoms with Crippen molar-refractivity contribution in [2.75, 3.05) is 18.1 Å². The molecule has 0 aliphatic heterocycles. The SMILES string of the molecule is CNc1c(N)cc(C#N)cc1Br. The zero-order chi connectivity index (χ0) is 9.14. The van der Waals surface area contributed by atoms with Crippen molar-refractivity contribution in [3.8, 4) is 6.07 Å². The van der Waals surface area contributed by atoms with Crippen LogP contribution in [-0.2, 0) is 0 Å². The average molecular weight is 226 g/mol. The molecule has 0 aliphatic rings. The standard InChI is InChI=1S/C8H8BrN3/c1-12-8-6(9)2-5(4-10)3-7(8)11/h2-3,12H,11H2,1H3. The van der Waals surface area contributed by atoms with E-state index in [-0.39, 0.29) is 0 Å². The van der Waals surface area contributed by atoms with Crippen LogP contribution in [0.2, 0.25) is 0 Å². The molecule has 3 nitrogen and oxygen atoms in total. The second-order valence-electron chi connectivity index (χ2n) is 2.28. The molecule has 0 radical (unpaired) electrons. The van der Waals surface area contributed by atoms with Gasteiger partial charge >= 0.3 is 0 Å². The summed E-state index contributed by atoms with van der Waals surface area (Å²) in [4.78, 5) is 0. The molecule has 0 unspecified atom stereocenters. The summed E-state index contributed by atoms with van der Waals surface area (Å²) in [7, 11) is 1.78. The van der Waals surface area contributed by atoms with Crippen molar-refractivity contribution < 1.29 is 0 Å². The van der Waals surface area contributed by atoms with Crippen molar-refractivity contribution >= 4 is 27.3 Å². The van der Waals surface area contributed by atoms with Gasteiger partial charge in [-0.3, -0.25) is 0 Å². The number of rotatable bonds is 1. The van der Waals surface area contributed by atoms with E-state index in [1.165, 1.54) is 0 Å². The minimum atomic E-state index is 0.554. The second kappa shape index (κ2) is 3.46. The summed E-state index contributed by atoms with van der Waals surface area (Å²) in [6.45, 7) is 0. The quantitative estimate of drug-likeness (QED) is 0.719. The molecule has 0 heterocycles. The highest BCUT2D eigenvalue weighted by molar-refractivity contribution is 9.10. The van der Waals surface area contributed by atoms with E-state index in [4.69, 9.17) is 11.0 Å². The lowest BCUT2D eigenvalue weighted by Crippen LogP contribution is -1.97. The van der Waals surface area contributed by atoms with Crippen LogP contribution in [0.1, 0.15) is 5.56 Å². The number of nitrogen functional groups attached to an aromatic ring is 1. The average Bonchev–Trinajstić information content (AvgIpc) is 2.03. The molecular formula is C8H8BrN3. The molecule has 4 heteroatoms. The van der Waals surface area contributed by atoms with Gasteiger partial charge in [0.05, 0.1) is 23.0 Å². The lowest BCUT2D eigenvalue weighted by molar-refractivity contribution is 1.44. The molecule has 12 heavy (non-hydrogen) atoms. The number of benzene rings is 1. The smallest absolute Gasteiger partial charge is 0.0992 e. The fourth-order valence-corrected chi connectivity index (χ4v) is 1.63. The van der Waals surface area contributed by atoms with Gasteiger partial charge in [0.25, 0.3) is 0 Å². The number of hydrogen-bond donors (Lipinski definition) is 2. The monoisotopic (exact) mass is 225 g/mol. The van der Waals surface area contributed by atoms with Gasteiger partial charge in [-0.05, 0) is 28.1 Å². The molecular weight excluding hydrogens is 218 g/mol. The summed E-state index contributed by atoms with van der Waals surface area (Å²) < 4.78 is 0.807. The number of hydrogen-bond acceptors (Lipinski definition) is 3. The Hall–Kier alpha value is -1.21. The predicted octanol–water partition coefficient (Wildman–Crippen LogP) is 1.94. The molecule has 3 N–H and O–H groups in total.